The zero-order valence-corrected chi connectivity index (χ0v) is 22.3. The summed E-state index contributed by atoms with van der Waals surface area (Å²) in [5.41, 5.74) is 2.39. The van der Waals surface area contributed by atoms with Crippen LogP contribution >= 0.6 is 0 Å². The van der Waals surface area contributed by atoms with Gasteiger partial charge in [0.25, 0.3) is 0 Å². The molecule has 2 bridgehead atoms. The summed E-state index contributed by atoms with van der Waals surface area (Å²) in [6.07, 6.45) is 3.96. The fourth-order valence-electron chi connectivity index (χ4n) is 7.44. The van der Waals surface area contributed by atoms with Crippen molar-refractivity contribution in [3.8, 4) is 23.0 Å². The number of ether oxygens (including phenoxy) is 1. The van der Waals surface area contributed by atoms with Crippen molar-refractivity contribution in [2.24, 2.45) is 0 Å². The Morgan fingerprint density at radius 1 is 1.05 bits per heavy atom. The van der Waals surface area contributed by atoms with Crippen molar-refractivity contribution in [3.63, 3.8) is 0 Å². The lowest BCUT2D eigenvalue weighted by Gasteiger charge is -2.34. The first-order valence-corrected chi connectivity index (χ1v) is 14.3. The summed E-state index contributed by atoms with van der Waals surface area (Å²) < 4.78 is 20.7. The summed E-state index contributed by atoms with van der Waals surface area (Å²) in [7, 11) is 0. The minimum atomic E-state index is -0.816. The van der Waals surface area contributed by atoms with Crippen LogP contribution in [0.5, 0.6) is 11.8 Å². The van der Waals surface area contributed by atoms with Gasteiger partial charge < -0.3 is 20.1 Å². The number of phenolic OH excluding ortho intramolecular Hbond substituents is 1. The van der Waals surface area contributed by atoms with Gasteiger partial charge in [0.05, 0.1) is 11.2 Å². The van der Waals surface area contributed by atoms with Crippen molar-refractivity contribution in [2.45, 2.75) is 55.9 Å². The molecule has 2 aromatic carbocycles. The van der Waals surface area contributed by atoms with Crippen LogP contribution in [0.1, 0.15) is 32.1 Å². The number of phenols is 1. The third-order valence-corrected chi connectivity index (χ3v) is 9.27. The van der Waals surface area contributed by atoms with E-state index in [0.717, 1.165) is 67.5 Å². The van der Waals surface area contributed by atoms with E-state index < -0.39 is 6.17 Å². The number of hydrogen-bond donors (Lipinski definition) is 2. The highest BCUT2D eigenvalue weighted by atomic mass is 19.1. The van der Waals surface area contributed by atoms with Crippen LogP contribution in [-0.4, -0.2) is 86.8 Å². The van der Waals surface area contributed by atoms with E-state index in [1.54, 1.807) is 12.1 Å². The molecule has 40 heavy (non-hydrogen) atoms. The monoisotopic (exact) mass is 541 g/mol. The number of aromatic hydroxyl groups is 1. The van der Waals surface area contributed by atoms with Crippen molar-refractivity contribution in [1.29, 1.82) is 0 Å². The number of alkyl halides is 1. The number of nitrogens with zero attached hydrogens (tertiary/aromatic N) is 6. The molecule has 0 spiro atoms. The molecule has 0 amide bonds. The average Bonchev–Trinajstić information content (AvgIpc) is 3.60. The quantitative estimate of drug-likeness (QED) is 0.390. The molecule has 4 saturated heterocycles. The Balaban J connectivity index is 1.21. The molecule has 4 fully saturated rings. The highest BCUT2D eigenvalue weighted by Crippen LogP contribution is 2.41. The predicted molar refractivity (Wildman–Crippen MR) is 150 cm³/mol. The lowest BCUT2D eigenvalue weighted by atomic mass is 9.95. The number of rotatable bonds is 5. The van der Waals surface area contributed by atoms with E-state index in [9.17, 15) is 9.50 Å². The van der Waals surface area contributed by atoms with Crippen LogP contribution in [-0.2, 0) is 0 Å². The first kappa shape index (κ1) is 24.2. The van der Waals surface area contributed by atoms with Gasteiger partial charge in [-0.3, -0.25) is 4.90 Å². The van der Waals surface area contributed by atoms with E-state index >= 15 is 0 Å². The second-order valence-corrected chi connectivity index (χ2v) is 11.9. The van der Waals surface area contributed by atoms with Crippen molar-refractivity contribution >= 4 is 27.6 Å². The van der Waals surface area contributed by atoms with Gasteiger partial charge in [0.15, 0.2) is 11.3 Å². The van der Waals surface area contributed by atoms with Gasteiger partial charge >= 0.3 is 6.01 Å². The second-order valence-electron chi connectivity index (χ2n) is 11.9. The SMILES string of the molecule is Oc1cc(-c2cc3nc(OC[C@@]45CCCN4C[C@H](F)C5)nc(N4CC5CCC(C4)N5)c3nn2)c2ccccc2c1. The van der Waals surface area contributed by atoms with Gasteiger partial charge in [-0.2, -0.15) is 9.97 Å². The van der Waals surface area contributed by atoms with Gasteiger partial charge in [0.1, 0.15) is 24.0 Å². The zero-order chi connectivity index (χ0) is 26.8. The highest BCUT2D eigenvalue weighted by molar-refractivity contribution is 5.98. The fourth-order valence-corrected chi connectivity index (χ4v) is 7.44. The molecule has 9 nitrogen and oxygen atoms in total. The Bertz CT molecular complexity index is 1610. The van der Waals surface area contributed by atoms with Crippen molar-refractivity contribution in [2.75, 3.05) is 37.7 Å². The topological polar surface area (TPSA) is 99.5 Å². The van der Waals surface area contributed by atoms with Crippen LogP contribution in [0, 0.1) is 0 Å². The number of halogens is 1. The third kappa shape index (κ3) is 4.04. The van der Waals surface area contributed by atoms with E-state index in [-0.39, 0.29) is 17.3 Å². The van der Waals surface area contributed by atoms with Crippen molar-refractivity contribution in [3.05, 3.63) is 42.5 Å². The number of anilines is 1. The maximum atomic E-state index is 14.4. The minimum absolute atomic E-state index is 0.169. The summed E-state index contributed by atoms with van der Waals surface area (Å²) in [5, 5.41) is 25.2. The second kappa shape index (κ2) is 9.21. The summed E-state index contributed by atoms with van der Waals surface area (Å²) in [6.45, 7) is 3.43. The van der Waals surface area contributed by atoms with Gasteiger partial charge in [-0.05, 0) is 61.2 Å². The zero-order valence-electron chi connectivity index (χ0n) is 22.3. The molecule has 4 aliphatic heterocycles. The molecule has 6 heterocycles. The molecule has 10 heteroatoms. The first-order chi connectivity index (χ1) is 19.5. The van der Waals surface area contributed by atoms with Gasteiger partial charge in [0.2, 0.25) is 0 Å². The number of aromatic nitrogens is 4. The number of benzene rings is 2. The lowest BCUT2D eigenvalue weighted by Crippen LogP contribution is -2.51. The van der Waals surface area contributed by atoms with Crippen LogP contribution in [0.3, 0.4) is 0 Å². The Morgan fingerprint density at radius 3 is 2.77 bits per heavy atom. The summed E-state index contributed by atoms with van der Waals surface area (Å²) >= 11 is 0. The van der Waals surface area contributed by atoms with Crippen LogP contribution in [0.2, 0.25) is 0 Å². The molecule has 206 valence electrons. The van der Waals surface area contributed by atoms with E-state index in [0.29, 0.717) is 48.4 Å². The Kier molecular flexibility index (Phi) is 5.57. The van der Waals surface area contributed by atoms with E-state index in [4.69, 9.17) is 14.7 Å². The number of piperazine rings is 1. The number of nitrogens with one attached hydrogen (secondary N) is 1. The van der Waals surface area contributed by atoms with Crippen LogP contribution in [0.15, 0.2) is 42.5 Å². The molecular weight excluding hydrogens is 509 g/mol. The van der Waals surface area contributed by atoms with Gasteiger partial charge in [-0.25, -0.2) is 4.39 Å². The van der Waals surface area contributed by atoms with Crippen LogP contribution in [0.4, 0.5) is 10.2 Å². The van der Waals surface area contributed by atoms with Crippen molar-refractivity contribution < 1.29 is 14.2 Å². The molecular formula is C30H32FN7O2. The maximum Gasteiger partial charge on any atom is 0.319 e. The van der Waals surface area contributed by atoms with Crippen LogP contribution < -0.4 is 15.0 Å². The lowest BCUT2D eigenvalue weighted by molar-refractivity contribution is 0.107. The molecule has 0 saturated carbocycles. The summed E-state index contributed by atoms with van der Waals surface area (Å²) in [4.78, 5) is 14.2. The standard InChI is InChI=1S/C30H32FN7O2/c31-19-13-30(8-3-9-38(30)14-19)17-40-29-33-26-12-25(24-11-22(39)10-18-4-1-2-5-23(18)24)35-36-27(26)28(34-29)37-15-20-6-7-21(16-37)32-20/h1-2,4-5,10-12,19-21,32,39H,3,6-9,13-17H2/t19-,20?,21?,30+/m1/s1. The molecule has 8 rings (SSSR count). The molecule has 2 N–H and O–H groups in total. The minimum Gasteiger partial charge on any atom is -0.508 e. The molecule has 2 aromatic heterocycles. The molecule has 4 aromatic rings. The summed E-state index contributed by atoms with van der Waals surface area (Å²) in [6, 6.07) is 14.4. The van der Waals surface area contributed by atoms with E-state index in [2.05, 4.69) is 25.3 Å². The molecule has 4 atom stereocenters. The maximum absolute atomic E-state index is 14.4. The largest absolute Gasteiger partial charge is 0.508 e. The Hall–Kier alpha value is -3.63. The van der Waals surface area contributed by atoms with Crippen LogP contribution in [0.25, 0.3) is 33.1 Å². The summed E-state index contributed by atoms with van der Waals surface area (Å²) in [5.74, 6) is 0.899. The van der Waals surface area contributed by atoms with Crippen molar-refractivity contribution in [1.82, 2.24) is 30.4 Å². The number of hydrogen-bond acceptors (Lipinski definition) is 9. The third-order valence-electron chi connectivity index (χ3n) is 9.27. The van der Waals surface area contributed by atoms with Gasteiger partial charge in [-0.1, -0.05) is 24.3 Å². The molecule has 0 aliphatic carbocycles. The Morgan fingerprint density at radius 2 is 1.90 bits per heavy atom. The van der Waals surface area contributed by atoms with Gasteiger partial charge in [-0.15, -0.1) is 10.2 Å². The molecule has 4 aliphatic rings. The average molecular weight is 542 g/mol. The highest BCUT2D eigenvalue weighted by Gasteiger charge is 2.49. The fraction of sp³-hybridized carbons (Fsp3) is 0.467. The first-order valence-electron chi connectivity index (χ1n) is 14.3. The molecule has 2 unspecified atom stereocenters. The smallest absolute Gasteiger partial charge is 0.319 e. The normalized spacial score (nSPS) is 28.0. The Labute approximate surface area is 231 Å². The predicted octanol–water partition coefficient (Wildman–Crippen LogP) is 3.84. The van der Waals surface area contributed by atoms with E-state index in [1.807, 2.05) is 30.3 Å². The van der Waals surface area contributed by atoms with E-state index in [1.165, 1.54) is 0 Å². The molecule has 0 radical (unpaired) electrons. The number of fused-ring (bicyclic) bond motifs is 5. The van der Waals surface area contributed by atoms with Gasteiger partial charge in [0, 0.05) is 43.7 Å².